The Labute approximate surface area is 105 Å². The SMILES string of the molecule is C1=COC(C2CCCCCCCCCC2)=CN1. The van der Waals surface area contributed by atoms with Crippen LogP contribution >= 0.6 is 0 Å². The van der Waals surface area contributed by atoms with Crippen LogP contribution in [0.2, 0.25) is 0 Å². The molecule has 0 aromatic rings. The average Bonchev–Trinajstić information content (AvgIpc) is 2.45. The molecule has 0 aromatic carbocycles. The van der Waals surface area contributed by atoms with Gasteiger partial charge in [0.2, 0.25) is 0 Å². The number of nitrogens with one attached hydrogen (secondary N) is 1. The maximum absolute atomic E-state index is 5.64. The summed E-state index contributed by atoms with van der Waals surface area (Å²) in [7, 11) is 0. The van der Waals surface area contributed by atoms with Crippen LogP contribution in [-0.2, 0) is 4.74 Å². The molecule has 0 radical (unpaired) electrons. The number of rotatable bonds is 1. The van der Waals surface area contributed by atoms with Gasteiger partial charge in [0.05, 0.1) is 0 Å². The van der Waals surface area contributed by atoms with Crippen LogP contribution in [0.25, 0.3) is 0 Å². The monoisotopic (exact) mass is 235 g/mol. The molecule has 1 aliphatic carbocycles. The molecule has 2 aliphatic rings. The maximum atomic E-state index is 5.64. The summed E-state index contributed by atoms with van der Waals surface area (Å²) < 4.78 is 5.64. The molecule has 0 amide bonds. The molecule has 1 saturated carbocycles. The Bertz CT molecular complexity index is 258. The van der Waals surface area contributed by atoms with Gasteiger partial charge in [-0.2, -0.15) is 0 Å². The number of hydrogen-bond acceptors (Lipinski definition) is 2. The van der Waals surface area contributed by atoms with Gasteiger partial charge in [0.1, 0.15) is 12.0 Å². The van der Waals surface area contributed by atoms with Crippen molar-refractivity contribution in [2.24, 2.45) is 5.92 Å². The normalized spacial score (nSPS) is 24.1. The lowest BCUT2D eigenvalue weighted by Crippen LogP contribution is -2.12. The van der Waals surface area contributed by atoms with Crippen LogP contribution in [0.15, 0.2) is 24.4 Å². The Kier molecular flexibility index (Phi) is 5.47. The van der Waals surface area contributed by atoms with Crippen LogP contribution in [0.1, 0.15) is 64.2 Å². The third kappa shape index (κ3) is 4.45. The Morgan fingerprint density at radius 2 is 1.47 bits per heavy atom. The quantitative estimate of drug-likeness (QED) is 0.725. The lowest BCUT2D eigenvalue weighted by Gasteiger charge is -2.21. The molecule has 1 N–H and O–H groups in total. The molecule has 0 bridgehead atoms. The van der Waals surface area contributed by atoms with Crippen LogP contribution in [0.3, 0.4) is 0 Å². The van der Waals surface area contributed by atoms with Gasteiger partial charge in [-0.05, 0) is 12.8 Å². The Hall–Kier alpha value is -0.920. The van der Waals surface area contributed by atoms with Gasteiger partial charge >= 0.3 is 0 Å². The molecule has 2 nitrogen and oxygen atoms in total. The van der Waals surface area contributed by atoms with Gasteiger partial charge in [-0.25, -0.2) is 0 Å². The molecule has 2 heteroatoms. The molecule has 0 unspecified atom stereocenters. The minimum absolute atomic E-state index is 0.630. The predicted molar refractivity (Wildman–Crippen MR) is 71.1 cm³/mol. The highest BCUT2D eigenvalue weighted by Gasteiger charge is 2.16. The lowest BCUT2D eigenvalue weighted by atomic mass is 9.93. The standard InChI is InChI=1S/C15H25NO/c1-2-4-6-8-10-14(9-7-5-3-1)15-13-16-11-12-17-15/h11-14,16H,1-10H2. The van der Waals surface area contributed by atoms with E-state index in [9.17, 15) is 0 Å². The van der Waals surface area contributed by atoms with Crippen molar-refractivity contribution in [3.05, 3.63) is 24.4 Å². The molecule has 0 saturated heterocycles. The van der Waals surface area contributed by atoms with Crippen molar-refractivity contribution in [2.45, 2.75) is 64.2 Å². The molecule has 17 heavy (non-hydrogen) atoms. The molecule has 0 aromatic heterocycles. The zero-order valence-corrected chi connectivity index (χ0v) is 10.8. The molecule has 96 valence electrons. The molecule has 0 atom stereocenters. The zero-order valence-electron chi connectivity index (χ0n) is 10.8. The number of allylic oxidation sites excluding steroid dienone is 1. The van der Waals surface area contributed by atoms with E-state index in [1.165, 1.54) is 64.2 Å². The van der Waals surface area contributed by atoms with Crippen molar-refractivity contribution in [2.75, 3.05) is 0 Å². The van der Waals surface area contributed by atoms with Crippen molar-refractivity contribution >= 4 is 0 Å². The summed E-state index contributed by atoms with van der Waals surface area (Å²) in [6.45, 7) is 0. The van der Waals surface area contributed by atoms with E-state index in [1.807, 2.05) is 12.4 Å². The number of ether oxygens (including phenoxy) is 1. The minimum atomic E-state index is 0.630. The molecule has 0 spiro atoms. The third-order valence-corrected chi connectivity index (χ3v) is 3.85. The summed E-state index contributed by atoms with van der Waals surface area (Å²) in [5, 5.41) is 3.14. The third-order valence-electron chi connectivity index (χ3n) is 3.85. The molecular formula is C15H25NO. The fraction of sp³-hybridized carbons (Fsp3) is 0.733. The summed E-state index contributed by atoms with van der Waals surface area (Å²) in [6.07, 6.45) is 19.4. The summed E-state index contributed by atoms with van der Waals surface area (Å²) in [6, 6.07) is 0. The van der Waals surface area contributed by atoms with Crippen LogP contribution in [0.5, 0.6) is 0 Å². The molecule has 1 fully saturated rings. The van der Waals surface area contributed by atoms with E-state index in [0.717, 1.165) is 5.76 Å². The summed E-state index contributed by atoms with van der Waals surface area (Å²) in [5.74, 6) is 1.78. The first-order valence-corrected chi connectivity index (χ1v) is 7.24. The minimum Gasteiger partial charge on any atom is -0.466 e. The van der Waals surface area contributed by atoms with E-state index in [2.05, 4.69) is 5.32 Å². The van der Waals surface area contributed by atoms with Gasteiger partial charge in [-0.15, -0.1) is 0 Å². The first kappa shape index (κ1) is 12.5. The summed E-state index contributed by atoms with van der Waals surface area (Å²) in [5.41, 5.74) is 0. The molecule has 1 aliphatic heterocycles. The van der Waals surface area contributed by atoms with Gasteiger partial charge in [0.25, 0.3) is 0 Å². The van der Waals surface area contributed by atoms with Crippen molar-refractivity contribution < 1.29 is 4.74 Å². The zero-order chi connectivity index (χ0) is 11.8. The van der Waals surface area contributed by atoms with E-state index in [4.69, 9.17) is 4.74 Å². The van der Waals surface area contributed by atoms with Gasteiger partial charge < -0.3 is 10.1 Å². The smallest absolute Gasteiger partial charge is 0.122 e. The second-order valence-electron chi connectivity index (χ2n) is 5.24. The Balaban J connectivity index is 1.85. The van der Waals surface area contributed by atoms with Gasteiger partial charge in [0.15, 0.2) is 0 Å². The molecule has 2 rings (SSSR count). The van der Waals surface area contributed by atoms with Gasteiger partial charge in [0, 0.05) is 18.3 Å². The summed E-state index contributed by atoms with van der Waals surface area (Å²) in [4.78, 5) is 0. The van der Waals surface area contributed by atoms with Crippen molar-refractivity contribution in [3.8, 4) is 0 Å². The maximum Gasteiger partial charge on any atom is 0.122 e. The van der Waals surface area contributed by atoms with Crippen molar-refractivity contribution in [1.29, 1.82) is 0 Å². The van der Waals surface area contributed by atoms with E-state index in [-0.39, 0.29) is 0 Å². The van der Waals surface area contributed by atoms with Crippen LogP contribution in [0.4, 0.5) is 0 Å². The topological polar surface area (TPSA) is 21.3 Å². The fourth-order valence-corrected chi connectivity index (χ4v) is 2.80. The van der Waals surface area contributed by atoms with Crippen LogP contribution in [-0.4, -0.2) is 0 Å². The second-order valence-corrected chi connectivity index (χ2v) is 5.24. The van der Waals surface area contributed by atoms with E-state index >= 15 is 0 Å². The fourth-order valence-electron chi connectivity index (χ4n) is 2.80. The highest BCUT2D eigenvalue weighted by atomic mass is 16.5. The molecular weight excluding hydrogens is 210 g/mol. The first-order valence-electron chi connectivity index (χ1n) is 7.24. The van der Waals surface area contributed by atoms with E-state index < -0.39 is 0 Å². The predicted octanol–water partition coefficient (Wildman–Crippen LogP) is 4.45. The number of hydrogen-bond donors (Lipinski definition) is 1. The average molecular weight is 235 g/mol. The van der Waals surface area contributed by atoms with Crippen molar-refractivity contribution in [1.82, 2.24) is 5.32 Å². The Morgan fingerprint density at radius 1 is 0.882 bits per heavy atom. The van der Waals surface area contributed by atoms with Gasteiger partial charge in [-0.1, -0.05) is 51.4 Å². The van der Waals surface area contributed by atoms with E-state index in [0.29, 0.717) is 5.92 Å². The van der Waals surface area contributed by atoms with E-state index in [1.54, 1.807) is 6.26 Å². The molecule has 1 heterocycles. The Morgan fingerprint density at radius 3 is 2.00 bits per heavy atom. The highest BCUT2D eigenvalue weighted by molar-refractivity contribution is 5.04. The van der Waals surface area contributed by atoms with Crippen LogP contribution in [0, 0.1) is 5.92 Å². The summed E-state index contributed by atoms with van der Waals surface area (Å²) >= 11 is 0. The second kappa shape index (κ2) is 7.41. The first-order chi connectivity index (χ1) is 8.47. The van der Waals surface area contributed by atoms with Crippen molar-refractivity contribution in [3.63, 3.8) is 0 Å². The largest absolute Gasteiger partial charge is 0.466 e. The lowest BCUT2D eigenvalue weighted by molar-refractivity contribution is 0.256. The van der Waals surface area contributed by atoms with Gasteiger partial charge in [-0.3, -0.25) is 0 Å². The van der Waals surface area contributed by atoms with Crippen LogP contribution < -0.4 is 5.32 Å². The highest BCUT2D eigenvalue weighted by Crippen LogP contribution is 2.28.